The second-order valence-corrected chi connectivity index (χ2v) is 5.29. The normalized spacial score (nSPS) is 11.4. The van der Waals surface area contributed by atoms with Gasteiger partial charge in [-0.3, -0.25) is 4.98 Å². The minimum absolute atomic E-state index is 0.855. The minimum Gasteiger partial charge on any atom is -0.256 e. The number of benzene rings is 2. The highest BCUT2D eigenvalue weighted by Crippen LogP contribution is 2.33. The topological polar surface area (TPSA) is 25.8 Å². The maximum Gasteiger partial charge on any atom is 0.106 e. The number of pyridine rings is 2. The zero-order valence-electron chi connectivity index (χ0n) is 9.97. The van der Waals surface area contributed by atoms with Crippen molar-refractivity contribution < 1.29 is 0 Å². The van der Waals surface area contributed by atoms with Crippen LogP contribution in [0.1, 0.15) is 0 Å². The quantitative estimate of drug-likeness (QED) is 0.347. The fraction of sp³-hybridized carbons (Fsp3) is 0. The Kier molecular flexibility index (Phi) is 2.29. The number of aromatic nitrogens is 2. The number of fused-ring (bicyclic) bond motifs is 6. The second-order valence-electron chi connectivity index (χ2n) is 4.48. The molecule has 0 bridgehead atoms. The molecule has 0 amide bonds. The van der Waals surface area contributed by atoms with Gasteiger partial charge in [-0.2, -0.15) is 0 Å². The Balaban J connectivity index is 2.43. The predicted molar refractivity (Wildman–Crippen MR) is 82.3 cm³/mol. The van der Waals surface area contributed by atoms with E-state index in [0.717, 1.165) is 37.2 Å². The molecule has 3 heteroatoms. The van der Waals surface area contributed by atoms with E-state index >= 15 is 0 Å². The highest BCUT2D eigenvalue weighted by molar-refractivity contribution is 9.10. The van der Waals surface area contributed by atoms with Crippen LogP contribution >= 0.6 is 15.9 Å². The van der Waals surface area contributed by atoms with Crippen molar-refractivity contribution in [2.24, 2.45) is 0 Å². The molecule has 0 spiro atoms. The molecular weight excluding hydrogens is 300 g/mol. The summed E-state index contributed by atoms with van der Waals surface area (Å²) in [5.74, 6) is 0. The number of hydrogen-bond donors (Lipinski definition) is 0. The molecule has 2 aromatic heterocycles. The Bertz CT molecular complexity index is 896. The molecule has 0 N–H and O–H groups in total. The average Bonchev–Trinajstić information content (AvgIpc) is 2.47. The van der Waals surface area contributed by atoms with Crippen LogP contribution < -0.4 is 0 Å². The van der Waals surface area contributed by atoms with E-state index < -0.39 is 0 Å². The molecule has 0 aliphatic heterocycles. The van der Waals surface area contributed by atoms with E-state index in [-0.39, 0.29) is 0 Å². The van der Waals surface area contributed by atoms with E-state index in [9.17, 15) is 0 Å². The van der Waals surface area contributed by atoms with Gasteiger partial charge in [0, 0.05) is 27.7 Å². The van der Waals surface area contributed by atoms with Crippen molar-refractivity contribution in [3.05, 3.63) is 59.3 Å². The van der Waals surface area contributed by atoms with E-state index in [1.807, 2.05) is 30.5 Å². The summed E-state index contributed by atoms with van der Waals surface area (Å²) in [6, 6.07) is 16.4. The third kappa shape index (κ3) is 1.55. The first-order valence-electron chi connectivity index (χ1n) is 6.06. The van der Waals surface area contributed by atoms with Crippen LogP contribution in [0.25, 0.3) is 32.6 Å². The van der Waals surface area contributed by atoms with Crippen molar-refractivity contribution in [1.82, 2.24) is 9.97 Å². The van der Waals surface area contributed by atoms with Gasteiger partial charge in [0.15, 0.2) is 0 Å². The number of nitrogens with zero attached hydrogens (tertiary/aromatic N) is 2. The first kappa shape index (κ1) is 10.9. The van der Waals surface area contributed by atoms with Crippen molar-refractivity contribution in [2.45, 2.75) is 0 Å². The van der Waals surface area contributed by atoms with E-state index in [4.69, 9.17) is 0 Å². The summed E-state index contributed by atoms with van der Waals surface area (Å²) in [4.78, 5) is 9.19. The molecule has 0 radical (unpaired) electrons. The van der Waals surface area contributed by atoms with Gasteiger partial charge in [0.1, 0.15) is 4.60 Å². The molecule has 2 nitrogen and oxygen atoms in total. The number of rotatable bonds is 0. The zero-order chi connectivity index (χ0) is 12.8. The monoisotopic (exact) mass is 308 g/mol. The first-order valence-corrected chi connectivity index (χ1v) is 6.85. The van der Waals surface area contributed by atoms with Gasteiger partial charge in [0.05, 0.1) is 11.0 Å². The van der Waals surface area contributed by atoms with Crippen molar-refractivity contribution in [3.8, 4) is 0 Å². The van der Waals surface area contributed by atoms with Crippen LogP contribution in [0.15, 0.2) is 59.3 Å². The molecule has 0 atom stereocenters. The lowest BCUT2D eigenvalue weighted by atomic mass is 10.0. The molecular formula is C16H9BrN2. The average molecular weight is 309 g/mol. The summed E-state index contributed by atoms with van der Waals surface area (Å²) in [5.41, 5.74) is 2.06. The fourth-order valence-corrected chi connectivity index (χ4v) is 2.90. The van der Waals surface area contributed by atoms with E-state index in [0.29, 0.717) is 0 Å². The largest absolute Gasteiger partial charge is 0.256 e. The molecule has 0 fully saturated rings. The molecule has 4 rings (SSSR count). The van der Waals surface area contributed by atoms with Crippen molar-refractivity contribution in [3.63, 3.8) is 0 Å². The van der Waals surface area contributed by atoms with Gasteiger partial charge < -0.3 is 0 Å². The number of halogens is 1. The molecule has 0 unspecified atom stereocenters. The molecule has 0 aliphatic carbocycles. The predicted octanol–water partition coefficient (Wildman–Crippen LogP) is 4.70. The smallest absolute Gasteiger partial charge is 0.106 e. The van der Waals surface area contributed by atoms with Gasteiger partial charge in [-0.15, -0.1) is 0 Å². The molecule has 90 valence electrons. The van der Waals surface area contributed by atoms with Gasteiger partial charge in [-0.1, -0.05) is 30.3 Å². The third-order valence-electron chi connectivity index (χ3n) is 3.40. The molecule has 2 heterocycles. The minimum atomic E-state index is 0.855. The van der Waals surface area contributed by atoms with Crippen molar-refractivity contribution in [1.29, 1.82) is 0 Å². The summed E-state index contributed by atoms with van der Waals surface area (Å²) < 4.78 is 0.855. The lowest BCUT2D eigenvalue weighted by Crippen LogP contribution is -1.88. The molecule has 0 saturated carbocycles. The van der Waals surface area contributed by atoms with Crippen molar-refractivity contribution in [2.75, 3.05) is 0 Å². The Morgan fingerprint density at radius 2 is 1.32 bits per heavy atom. The van der Waals surface area contributed by atoms with Gasteiger partial charge >= 0.3 is 0 Å². The maximum absolute atomic E-state index is 4.64. The summed E-state index contributed by atoms with van der Waals surface area (Å²) in [6.45, 7) is 0. The summed E-state index contributed by atoms with van der Waals surface area (Å²) >= 11 is 3.46. The van der Waals surface area contributed by atoms with Crippen molar-refractivity contribution >= 4 is 48.5 Å². The Morgan fingerprint density at radius 1 is 0.684 bits per heavy atom. The molecule has 0 aliphatic rings. The van der Waals surface area contributed by atoms with E-state index in [1.165, 1.54) is 0 Å². The lowest BCUT2D eigenvalue weighted by molar-refractivity contribution is 1.36. The maximum atomic E-state index is 4.64. The first-order chi connectivity index (χ1) is 9.34. The Hall–Kier alpha value is -2.00. The second kappa shape index (κ2) is 4.00. The van der Waals surface area contributed by atoms with Crippen LogP contribution in [0, 0.1) is 0 Å². The highest BCUT2D eigenvalue weighted by atomic mass is 79.9. The van der Waals surface area contributed by atoms with Crippen LogP contribution in [0.5, 0.6) is 0 Å². The standard InChI is InChI=1S/C16H9BrN2/c17-14-8-7-13-11-6-3-9-18-15(11)10-4-1-2-5-12(10)16(13)19-14/h1-9H. The van der Waals surface area contributed by atoms with E-state index in [1.54, 1.807) is 0 Å². The molecule has 19 heavy (non-hydrogen) atoms. The van der Waals surface area contributed by atoms with Gasteiger partial charge in [-0.05, 0) is 34.1 Å². The van der Waals surface area contributed by atoms with Crippen LogP contribution in [-0.4, -0.2) is 9.97 Å². The third-order valence-corrected chi connectivity index (χ3v) is 3.84. The molecule has 2 aromatic carbocycles. The summed E-state index contributed by atoms with van der Waals surface area (Å²) in [7, 11) is 0. The Labute approximate surface area is 118 Å². The highest BCUT2D eigenvalue weighted by Gasteiger charge is 2.09. The van der Waals surface area contributed by atoms with Crippen LogP contribution in [0.4, 0.5) is 0 Å². The van der Waals surface area contributed by atoms with Crippen LogP contribution in [-0.2, 0) is 0 Å². The molecule has 4 aromatic rings. The zero-order valence-corrected chi connectivity index (χ0v) is 11.6. The lowest BCUT2D eigenvalue weighted by Gasteiger charge is -2.08. The van der Waals surface area contributed by atoms with Crippen LogP contribution in [0.2, 0.25) is 0 Å². The SMILES string of the molecule is Brc1ccc2c3cccnc3c3ccccc3c2n1. The van der Waals surface area contributed by atoms with E-state index in [2.05, 4.69) is 50.2 Å². The van der Waals surface area contributed by atoms with Crippen LogP contribution in [0.3, 0.4) is 0 Å². The van der Waals surface area contributed by atoms with Gasteiger partial charge in [-0.25, -0.2) is 4.98 Å². The fourth-order valence-electron chi connectivity index (χ4n) is 2.59. The Morgan fingerprint density at radius 3 is 2.11 bits per heavy atom. The summed E-state index contributed by atoms with van der Waals surface area (Å²) in [6.07, 6.45) is 1.84. The van der Waals surface area contributed by atoms with Gasteiger partial charge in [0.2, 0.25) is 0 Å². The summed E-state index contributed by atoms with van der Waals surface area (Å²) in [5, 5.41) is 4.59. The van der Waals surface area contributed by atoms with Gasteiger partial charge in [0.25, 0.3) is 0 Å². The molecule has 0 saturated heterocycles. The number of hydrogen-bond acceptors (Lipinski definition) is 2.